The van der Waals surface area contributed by atoms with Crippen LogP contribution >= 0.6 is 0 Å². The minimum absolute atomic E-state index is 0.0694. The van der Waals surface area contributed by atoms with Gasteiger partial charge in [0.15, 0.2) is 0 Å². The number of rotatable bonds is 4. The molecular formula is C13H15N6O3S-. The van der Waals surface area contributed by atoms with Gasteiger partial charge in [0.05, 0.1) is 4.90 Å². The van der Waals surface area contributed by atoms with Crippen LogP contribution in [-0.2, 0) is 10.0 Å². The molecule has 1 aliphatic rings. The van der Waals surface area contributed by atoms with Gasteiger partial charge >= 0.3 is 0 Å². The molecule has 0 unspecified atom stereocenters. The lowest BCUT2D eigenvalue weighted by atomic mass is 10.2. The van der Waals surface area contributed by atoms with Crippen molar-refractivity contribution in [2.75, 3.05) is 13.1 Å². The molecule has 1 aromatic heterocycles. The molecule has 0 spiro atoms. The number of aliphatic imine (C=N–C) groups is 1. The molecule has 1 N–H and O–H groups in total. The number of tetrazole rings is 1. The lowest BCUT2D eigenvalue weighted by Gasteiger charge is -2.26. The summed E-state index contributed by atoms with van der Waals surface area (Å²) in [6, 6.07) is 5.71. The van der Waals surface area contributed by atoms with Crippen LogP contribution in [0.4, 0.5) is 5.95 Å². The summed E-state index contributed by atoms with van der Waals surface area (Å²) in [6.07, 6.45) is 2.80. The molecule has 0 bridgehead atoms. The van der Waals surface area contributed by atoms with Crippen molar-refractivity contribution in [3.8, 4) is 0 Å². The van der Waals surface area contributed by atoms with E-state index in [0.717, 1.165) is 19.3 Å². The Bertz CT molecular complexity index is 780. The van der Waals surface area contributed by atoms with Gasteiger partial charge in [-0.2, -0.15) is 9.52 Å². The Morgan fingerprint density at radius 3 is 2.48 bits per heavy atom. The maximum Gasteiger partial charge on any atom is 0.288 e. The maximum absolute atomic E-state index is 12.5. The van der Waals surface area contributed by atoms with E-state index in [1.807, 2.05) is 0 Å². The van der Waals surface area contributed by atoms with Crippen molar-refractivity contribution in [3.63, 3.8) is 0 Å². The molecule has 2 aromatic rings. The SMILES string of the molecule is O=S(=O)(c1ccc(C([O-])=Nc2nn[nH]n2)cc1)N1CCCCC1. The lowest BCUT2D eigenvalue weighted by Crippen LogP contribution is -2.35. The van der Waals surface area contributed by atoms with Crippen molar-refractivity contribution >= 4 is 21.9 Å². The molecule has 122 valence electrons. The van der Waals surface area contributed by atoms with Crippen molar-refractivity contribution in [2.45, 2.75) is 24.2 Å². The number of hydrogen-bond donors (Lipinski definition) is 1. The molecular weight excluding hydrogens is 320 g/mol. The van der Waals surface area contributed by atoms with Gasteiger partial charge in [0.1, 0.15) is 0 Å². The first-order chi connectivity index (χ1) is 11.1. The van der Waals surface area contributed by atoms with Crippen LogP contribution in [0.3, 0.4) is 0 Å². The molecule has 1 aromatic carbocycles. The number of nitrogens with one attached hydrogen (secondary N) is 1. The van der Waals surface area contributed by atoms with Gasteiger partial charge < -0.3 is 5.11 Å². The molecule has 1 fully saturated rings. The molecule has 1 aliphatic heterocycles. The van der Waals surface area contributed by atoms with E-state index < -0.39 is 15.9 Å². The van der Waals surface area contributed by atoms with Crippen molar-refractivity contribution in [1.29, 1.82) is 0 Å². The van der Waals surface area contributed by atoms with Crippen LogP contribution in [0.5, 0.6) is 0 Å². The van der Waals surface area contributed by atoms with Crippen molar-refractivity contribution in [3.05, 3.63) is 29.8 Å². The van der Waals surface area contributed by atoms with Gasteiger partial charge in [-0.1, -0.05) is 23.7 Å². The predicted octanol–water partition coefficient (Wildman–Crippen LogP) is -0.187. The van der Waals surface area contributed by atoms with Gasteiger partial charge in [0.25, 0.3) is 5.95 Å². The predicted molar refractivity (Wildman–Crippen MR) is 79.4 cm³/mol. The number of nitrogens with zero attached hydrogens (tertiary/aromatic N) is 5. The molecule has 0 aliphatic carbocycles. The molecule has 9 nitrogen and oxygen atoms in total. The standard InChI is InChI=1S/C13H16N6O3S/c20-12(14-13-15-17-18-16-13)10-4-6-11(7-5-10)23(21,22)19-8-2-1-3-9-19/h4-7H,1-3,8-9H2,(H2,14,15,16,17,18,20)/p-1. The summed E-state index contributed by atoms with van der Waals surface area (Å²) in [7, 11) is -3.50. The Labute approximate surface area is 133 Å². The van der Waals surface area contributed by atoms with Crippen LogP contribution in [0.15, 0.2) is 34.2 Å². The quantitative estimate of drug-likeness (QED) is 0.609. The molecule has 3 rings (SSSR count). The van der Waals surface area contributed by atoms with E-state index in [9.17, 15) is 13.5 Å². The zero-order valence-corrected chi connectivity index (χ0v) is 13.0. The molecule has 2 heterocycles. The van der Waals surface area contributed by atoms with Crippen LogP contribution in [0.2, 0.25) is 0 Å². The summed E-state index contributed by atoms with van der Waals surface area (Å²) in [6.45, 7) is 1.08. The van der Waals surface area contributed by atoms with E-state index in [-0.39, 0.29) is 16.4 Å². The number of benzene rings is 1. The van der Waals surface area contributed by atoms with Crippen molar-refractivity contribution in [2.24, 2.45) is 4.99 Å². The van der Waals surface area contributed by atoms with E-state index in [4.69, 9.17) is 0 Å². The smallest absolute Gasteiger partial charge is 0.288 e. The minimum Gasteiger partial charge on any atom is -0.858 e. The van der Waals surface area contributed by atoms with E-state index in [1.165, 1.54) is 28.6 Å². The Hall–Kier alpha value is -2.33. The Balaban J connectivity index is 1.81. The summed E-state index contributed by atoms with van der Waals surface area (Å²) in [5.41, 5.74) is 0.257. The van der Waals surface area contributed by atoms with Gasteiger partial charge in [0.2, 0.25) is 10.0 Å². The minimum atomic E-state index is -3.50. The van der Waals surface area contributed by atoms with Crippen LogP contribution in [0.1, 0.15) is 24.8 Å². The molecule has 0 atom stereocenters. The molecule has 10 heteroatoms. The fraction of sp³-hybridized carbons (Fsp3) is 0.385. The van der Waals surface area contributed by atoms with E-state index in [1.54, 1.807) is 0 Å². The van der Waals surface area contributed by atoms with Crippen LogP contribution in [-0.4, -0.2) is 52.3 Å². The van der Waals surface area contributed by atoms with Gasteiger partial charge in [-0.25, -0.2) is 13.4 Å². The van der Waals surface area contributed by atoms with Crippen LogP contribution in [0.25, 0.3) is 0 Å². The molecule has 0 amide bonds. The maximum atomic E-state index is 12.5. The number of H-pyrrole nitrogens is 1. The number of sulfonamides is 1. The number of piperidine rings is 1. The van der Waals surface area contributed by atoms with Gasteiger partial charge in [-0.3, -0.25) is 0 Å². The Morgan fingerprint density at radius 1 is 1.17 bits per heavy atom. The average molecular weight is 335 g/mol. The first kappa shape index (κ1) is 15.6. The second-order valence-electron chi connectivity index (χ2n) is 5.12. The number of aromatic nitrogens is 4. The monoisotopic (exact) mass is 335 g/mol. The largest absolute Gasteiger partial charge is 0.858 e. The number of hydrogen-bond acceptors (Lipinski definition) is 7. The summed E-state index contributed by atoms with van der Waals surface area (Å²) in [5.74, 6) is -0.631. The topological polar surface area (TPSA) is 127 Å². The average Bonchev–Trinajstić information content (AvgIpc) is 3.09. The summed E-state index contributed by atoms with van der Waals surface area (Å²) >= 11 is 0. The highest BCUT2D eigenvalue weighted by Crippen LogP contribution is 2.20. The summed E-state index contributed by atoms with van der Waals surface area (Å²) in [5, 5.41) is 24.5. The second kappa shape index (κ2) is 6.42. The van der Waals surface area contributed by atoms with Crippen LogP contribution in [0, 0.1) is 0 Å². The fourth-order valence-corrected chi connectivity index (χ4v) is 3.90. The number of aromatic amines is 1. The van der Waals surface area contributed by atoms with Crippen LogP contribution < -0.4 is 5.11 Å². The van der Waals surface area contributed by atoms with Crippen molar-refractivity contribution < 1.29 is 13.5 Å². The zero-order valence-electron chi connectivity index (χ0n) is 12.2. The van der Waals surface area contributed by atoms with E-state index in [2.05, 4.69) is 25.6 Å². The zero-order chi connectivity index (χ0) is 16.3. The van der Waals surface area contributed by atoms with Gasteiger partial charge in [-0.05, 0) is 41.6 Å². The third kappa shape index (κ3) is 3.37. The molecule has 23 heavy (non-hydrogen) atoms. The van der Waals surface area contributed by atoms with Crippen molar-refractivity contribution in [1.82, 2.24) is 24.9 Å². The molecule has 0 saturated carbocycles. The van der Waals surface area contributed by atoms with E-state index in [0.29, 0.717) is 13.1 Å². The molecule has 1 saturated heterocycles. The fourth-order valence-electron chi connectivity index (χ4n) is 2.38. The van der Waals surface area contributed by atoms with Gasteiger partial charge in [-0.15, -0.1) is 5.10 Å². The van der Waals surface area contributed by atoms with Gasteiger partial charge in [0, 0.05) is 13.1 Å². The highest BCUT2D eigenvalue weighted by Gasteiger charge is 2.25. The summed E-state index contributed by atoms with van der Waals surface area (Å²) < 4.78 is 26.5. The highest BCUT2D eigenvalue weighted by atomic mass is 32.2. The third-order valence-electron chi connectivity index (χ3n) is 3.59. The Kier molecular flexibility index (Phi) is 4.35. The normalized spacial score (nSPS) is 17.3. The molecule has 0 radical (unpaired) electrons. The van der Waals surface area contributed by atoms with E-state index >= 15 is 0 Å². The Morgan fingerprint density at radius 2 is 1.87 bits per heavy atom. The lowest BCUT2D eigenvalue weighted by molar-refractivity contribution is -0.212. The first-order valence-electron chi connectivity index (χ1n) is 7.17. The third-order valence-corrected chi connectivity index (χ3v) is 5.50. The highest BCUT2D eigenvalue weighted by molar-refractivity contribution is 7.89. The first-order valence-corrected chi connectivity index (χ1v) is 8.61. The second-order valence-corrected chi connectivity index (χ2v) is 7.06. The summed E-state index contributed by atoms with van der Waals surface area (Å²) in [4.78, 5) is 3.83.